The molecule has 0 saturated heterocycles. The van der Waals surface area contributed by atoms with E-state index in [2.05, 4.69) is 18.8 Å². The molecule has 0 aliphatic rings. The predicted molar refractivity (Wildman–Crippen MR) is 60.5 cm³/mol. The van der Waals surface area contributed by atoms with Crippen LogP contribution >= 0.6 is 0 Å². The Hall–Kier alpha value is -1.44. The van der Waals surface area contributed by atoms with Crippen LogP contribution in [0.3, 0.4) is 0 Å². The Labute approximate surface area is 89.0 Å². The molecule has 2 aromatic rings. The SMILES string of the molecule is Cc1c(C(C)C)cnc2cccc(F)c12. The summed E-state index contributed by atoms with van der Waals surface area (Å²) in [5.74, 6) is 0.196. The molecule has 0 radical (unpaired) electrons. The number of aromatic nitrogens is 1. The highest BCUT2D eigenvalue weighted by Gasteiger charge is 2.10. The first-order chi connectivity index (χ1) is 7.11. The van der Waals surface area contributed by atoms with Gasteiger partial charge in [0.2, 0.25) is 0 Å². The molecule has 1 aromatic carbocycles. The maximum atomic E-state index is 13.7. The van der Waals surface area contributed by atoms with E-state index in [1.807, 2.05) is 19.2 Å². The summed E-state index contributed by atoms with van der Waals surface area (Å²) in [5, 5.41) is 0.656. The van der Waals surface area contributed by atoms with Gasteiger partial charge in [-0.15, -0.1) is 0 Å². The molecule has 0 unspecified atom stereocenters. The standard InChI is InChI=1S/C13H14FN/c1-8(2)10-7-15-12-6-4-5-11(14)13(12)9(10)3/h4-8H,1-3H3. The molecule has 1 nitrogen and oxygen atoms in total. The molecule has 1 heterocycles. The maximum absolute atomic E-state index is 13.7. The molecule has 0 aliphatic heterocycles. The normalized spacial score (nSPS) is 11.3. The molecule has 0 saturated carbocycles. The number of hydrogen-bond acceptors (Lipinski definition) is 1. The van der Waals surface area contributed by atoms with Gasteiger partial charge in [0.1, 0.15) is 5.82 Å². The minimum Gasteiger partial charge on any atom is -0.256 e. The lowest BCUT2D eigenvalue weighted by Crippen LogP contribution is -1.96. The van der Waals surface area contributed by atoms with Gasteiger partial charge in [-0.3, -0.25) is 4.98 Å². The Kier molecular flexibility index (Phi) is 2.43. The lowest BCUT2D eigenvalue weighted by atomic mass is 9.97. The summed E-state index contributed by atoms with van der Waals surface area (Å²) in [5.41, 5.74) is 2.86. The molecule has 0 bridgehead atoms. The van der Waals surface area contributed by atoms with E-state index in [-0.39, 0.29) is 5.82 Å². The van der Waals surface area contributed by atoms with Crippen molar-refractivity contribution in [1.29, 1.82) is 0 Å². The van der Waals surface area contributed by atoms with Gasteiger partial charge in [-0.2, -0.15) is 0 Å². The number of pyridine rings is 1. The largest absolute Gasteiger partial charge is 0.256 e. The van der Waals surface area contributed by atoms with E-state index in [1.54, 1.807) is 6.07 Å². The van der Waals surface area contributed by atoms with Crippen LogP contribution in [0.2, 0.25) is 0 Å². The first kappa shape index (κ1) is 10.1. The van der Waals surface area contributed by atoms with E-state index in [4.69, 9.17) is 0 Å². The molecule has 2 rings (SSSR count). The first-order valence-corrected chi connectivity index (χ1v) is 5.15. The van der Waals surface area contributed by atoms with Crippen molar-refractivity contribution in [2.45, 2.75) is 26.7 Å². The maximum Gasteiger partial charge on any atom is 0.132 e. The molecule has 0 atom stereocenters. The molecular weight excluding hydrogens is 189 g/mol. The number of hydrogen-bond donors (Lipinski definition) is 0. The zero-order valence-corrected chi connectivity index (χ0v) is 9.21. The number of rotatable bonds is 1. The highest BCUT2D eigenvalue weighted by atomic mass is 19.1. The lowest BCUT2D eigenvalue weighted by molar-refractivity contribution is 0.638. The number of fused-ring (bicyclic) bond motifs is 1. The van der Waals surface area contributed by atoms with Gasteiger partial charge in [0.05, 0.1) is 5.52 Å². The third-order valence-electron chi connectivity index (χ3n) is 2.76. The molecule has 2 heteroatoms. The molecule has 1 aromatic heterocycles. The number of halogens is 1. The molecule has 78 valence electrons. The van der Waals surface area contributed by atoms with Crippen molar-refractivity contribution in [3.63, 3.8) is 0 Å². The van der Waals surface area contributed by atoms with Gasteiger partial charge in [0.25, 0.3) is 0 Å². The van der Waals surface area contributed by atoms with Crippen molar-refractivity contribution in [2.75, 3.05) is 0 Å². The molecule has 15 heavy (non-hydrogen) atoms. The molecule has 0 N–H and O–H groups in total. The van der Waals surface area contributed by atoms with Crippen LogP contribution in [0, 0.1) is 12.7 Å². The minimum atomic E-state index is -0.181. The van der Waals surface area contributed by atoms with Gasteiger partial charge in [-0.25, -0.2) is 4.39 Å². The first-order valence-electron chi connectivity index (χ1n) is 5.15. The fourth-order valence-electron chi connectivity index (χ4n) is 1.95. The van der Waals surface area contributed by atoms with Gasteiger partial charge in [0.15, 0.2) is 0 Å². The molecule has 0 amide bonds. The van der Waals surface area contributed by atoms with Crippen LogP contribution in [-0.4, -0.2) is 4.98 Å². The zero-order valence-electron chi connectivity index (χ0n) is 9.21. The average Bonchev–Trinajstić information content (AvgIpc) is 2.17. The highest BCUT2D eigenvalue weighted by molar-refractivity contribution is 5.83. The molecule has 0 aliphatic carbocycles. The van der Waals surface area contributed by atoms with Gasteiger partial charge in [0, 0.05) is 11.6 Å². The van der Waals surface area contributed by atoms with Crippen LogP contribution in [0.1, 0.15) is 30.9 Å². The minimum absolute atomic E-state index is 0.181. The lowest BCUT2D eigenvalue weighted by Gasteiger charge is -2.11. The second-order valence-electron chi connectivity index (χ2n) is 4.13. The van der Waals surface area contributed by atoms with Crippen LogP contribution in [0.15, 0.2) is 24.4 Å². The number of benzene rings is 1. The summed E-state index contributed by atoms with van der Waals surface area (Å²) in [7, 11) is 0. The Balaban J connectivity index is 2.83. The quantitative estimate of drug-likeness (QED) is 0.686. The van der Waals surface area contributed by atoms with Crippen LogP contribution < -0.4 is 0 Å². The second-order valence-corrected chi connectivity index (χ2v) is 4.13. The molecular formula is C13H14FN. The third kappa shape index (κ3) is 1.60. The van der Waals surface area contributed by atoms with E-state index < -0.39 is 0 Å². The van der Waals surface area contributed by atoms with Crippen molar-refractivity contribution >= 4 is 10.9 Å². The van der Waals surface area contributed by atoms with Gasteiger partial charge < -0.3 is 0 Å². The van der Waals surface area contributed by atoms with Gasteiger partial charge >= 0.3 is 0 Å². The predicted octanol–water partition coefficient (Wildman–Crippen LogP) is 3.81. The van der Waals surface area contributed by atoms with Crippen LogP contribution in [0.25, 0.3) is 10.9 Å². The third-order valence-corrected chi connectivity index (χ3v) is 2.76. The van der Waals surface area contributed by atoms with Crippen molar-refractivity contribution in [3.8, 4) is 0 Å². The van der Waals surface area contributed by atoms with E-state index in [0.29, 0.717) is 11.3 Å². The average molecular weight is 203 g/mol. The fraction of sp³-hybridized carbons (Fsp3) is 0.308. The summed E-state index contributed by atoms with van der Waals surface area (Å²) in [6.07, 6.45) is 1.85. The summed E-state index contributed by atoms with van der Waals surface area (Å²) in [4.78, 5) is 4.28. The summed E-state index contributed by atoms with van der Waals surface area (Å²) < 4.78 is 13.7. The highest BCUT2D eigenvalue weighted by Crippen LogP contribution is 2.26. The van der Waals surface area contributed by atoms with E-state index in [0.717, 1.165) is 16.6 Å². The Bertz CT molecular complexity index is 503. The van der Waals surface area contributed by atoms with Crippen LogP contribution in [0.5, 0.6) is 0 Å². The van der Waals surface area contributed by atoms with E-state index in [9.17, 15) is 4.39 Å². The summed E-state index contributed by atoms with van der Waals surface area (Å²) in [6.45, 7) is 6.15. The Morgan fingerprint density at radius 2 is 2.00 bits per heavy atom. The van der Waals surface area contributed by atoms with E-state index >= 15 is 0 Å². The smallest absolute Gasteiger partial charge is 0.132 e. The van der Waals surface area contributed by atoms with Gasteiger partial charge in [-0.1, -0.05) is 19.9 Å². The number of nitrogens with zero attached hydrogens (tertiary/aromatic N) is 1. The Morgan fingerprint density at radius 1 is 1.27 bits per heavy atom. The van der Waals surface area contributed by atoms with Crippen molar-refractivity contribution < 1.29 is 4.39 Å². The molecule has 0 spiro atoms. The van der Waals surface area contributed by atoms with E-state index in [1.165, 1.54) is 6.07 Å². The second kappa shape index (κ2) is 3.61. The van der Waals surface area contributed by atoms with Crippen molar-refractivity contribution in [2.24, 2.45) is 0 Å². The van der Waals surface area contributed by atoms with Crippen LogP contribution in [0.4, 0.5) is 4.39 Å². The topological polar surface area (TPSA) is 12.9 Å². The monoisotopic (exact) mass is 203 g/mol. The van der Waals surface area contributed by atoms with Crippen LogP contribution in [-0.2, 0) is 0 Å². The van der Waals surface area contributed by atoms with Gasteiger partial charge in [-0.05, 0) is 36.1 Å². The summed E-state index contributed by atoms with van der Waals surface area (Å²) >= 11 is 0. The zero-order chi connectivity index (χ0) is 11.0. The van der Waals surface area contributed by atoms with Crippen molar-refractivity contribution in [3.05, 3.63) is 41.3 Å². The van der Waals surface area contributed by atoms with Crippen molar-refractivity contribution in [1.82, 2.24) is 4.98 Å². The Morgan fingerprint density at radius 3 is 2.67 bits per heavy atom. The summed E-state index contributed by atoms with van der Waals surface area (Å²) in [6, 6.07) is 5.02. The molecule has 0 fully saturated rings. The number of aryl methyl sites for hydroxylation is 1. The fourth-order valence-corrected chi connectivity index (χ4v) is 1.95.